The number of ether oxygens (including phenoxy) is 2. The predicted molar refractivity (Wildman–Crippen MR) is 123 cm³/mol. The first-order valence-electron chi connectivity index (χ1n) is 10.2. The Labute approximate surface area is 190 Å². The number of aromatic nitrogens is 2. The Morgan fingerprint density at radius 3 is 1.81 bits per heavy atom. The third-order valence-corrected chi connectivity index (χ3v) is 6.73. The van der Waals surface area contributed by atoms with E-state index in [1.54, 1.807) is 31.3 Å². The van der Waals surface area contributed by atoms with Gasteiger partial charge in [-0.3, -0.25) is 0 Å². The molecule has 1 aromatic heterocycles. The molecule has 0 radical (unpaired) electrons. The average Bonchev–Trinajstić information content (AvgIpc) is 3.28. The zero-order valence-corrected chi connectivity index (χ0v) is 19.7. The van der Waals surface area contributed by atoms with E-state index in [2.05, 4.69) is 4.98 Å². The number of hydrogen-bond acceptors (Lipinski definition) is 6. The van der Waals surface area contributed by atoms with E-state index >= 15 is 0 Å². The smallest absolute Gasteiger partial charge is 0.262 e. The molecule has 0 spiro atoms. The maximum absolute atomic E-state index is 13.5. The fourth-order valence-corrected chi connectivity index (χ4v) is 4.49. The van der Waals surface area contributed by atoms with Gasteiger partial charge in [0.25, 0.3) is 10.0 Å². The first-order chi connectivity index (χ1) is 15.3. The molecule has 2 aromatic carbocycles. The number of methoxy groups -OCH3 is 2. The normalized spacial score (nSPS) is 11.8. The quantitative estimate of drug-likeness (QED) is 0.440. The predicted octanol–water partition coefficient (Wildman–Crippen LogP) is 2.85. The van der Waals surface area contributed by atoms with Crippen LogP contribution in [-0.4, -0.2) is 62.0 Å². The van der Waals surface area contributed by atoms with Crippen molar-refractivity contribution in [3.8, 4) is 11.5 Å². The van der Waals surface area contributed by atoms with E-state index in [9.17, 15) is 8.42 Å². The van der Waals surface area contributed by atoms with E-state index in [0.29, 0.717) is 6.54 Å². The summed E-state index contributed by atoms with van der Waals surface area (Å²) in [5.74, 6) is 1.44. The molecule has 0 amide bonds. The molecule has 1 heterocycles. The molecule has 32 heavy (non-hydrogen) atoms. The summed E-state index contributed by atoms with van der Waals surface area (Å²) in [4.78, 5) is 6.24. The van der Waals surface area contributed by atoms with Crippen molar-refractivity contribution in [2.75, 3.05) is 34.9 Å². The van der Waals surface area contributed by atoms with Crippen LogP contribution >= 0.6 is 0 Å². The van der Waals surface area contributed by atoms with Gasteiger partial charge in [-0.2, -0.15) is 4.31 Å². The highest BCUT2D eigenvalue weighted by atomic mass is 32.2. The van der Waals surface area contributed by atoms with Crippen molar-refractivity contribution in [1.29, 1.82) is 0 Å². The Bertz CT molecular complexity index is 1040. The molecule has 0 saturated heterocycles. The third kappa shape index (κ3) is 6.09. The summed E-state index contributed by atoms with van der Waals surface area (Å²) < 4.78 is 40.7. The lowest BCUT2D eigenvalue weighted by atomic mass is 10.2. The van der Waals surface area contributed by atoms with Crippen molar-refractivity contribution in [3.63, 3.8) is 0 Å². The lowest BCUT2D eigenvalue weighted by Gasteiger charge is -2.21. The summed E-state index contributed by atoms with van der Waals surface area (Å²) in [6.45, 7) is 1.87. The molecule has 0 bridgehead atoms. The van der Waals surface area contributed by atoms with Gasteiger partial charge in [0.15, 0.2) is 5.03 Å². The molecule has 0 atom stereocenters. The minimum atomic E-state index is -3.82. The lowest BCUT2D eigenvalue weighted by Crippen LogP contribution is -2.30. The highest BCUT2D eigenvalue weighted by Crippen LogP contribution is 2.22. The summed E-state index contributed by atoms with van der Waals surface area (Å²) in [6, 6.07) is 14.8. The Hall–Kier alpha value is -2.88. The molecule has 3 aromatic rings. The van der Waals surface area contributed by atoms with Crippen molar-refractivity contribution >= 4 is 10.0 Å². The second kappa shape index (κ2) is 10.6. The van der Waals surface area contributed by atoms with Crippen LogP contribution in [0, 0.1) is 0 Å². The van der Waals surface area contributed by atoms with Crippen LogP contribution in [0.25, 0.3) is 0 Å². The number of rotatable bonds is 11. The van der Waals surface area contributed by atoms with Gasteiger partial charge >= 0.3 is 0 Å². The summed E-state index contributed by atoms with van der Waals surface area (Å²) in [7, 11) is 3.32. The lowest BCUT2D eigenvalue weighted by molar-refractivity contribution is 0.383. The Balaban J connectivity index is 1.88. The van der Waals surface area contributed by atoms with Crippen molar-refractivity contribution in [1.82, 2.24) is 18.8 Å². The number of hydrogen-bond donors (Lipinski definition) is 0. The van der Waals surface area contributed by atoms with Gasteiger partial charge in [0.05, 0.1) is 20.5 Å². The van der Waals surface area contributed by atoms with E-state index in [1.165, 1.54) is 4.31 Å². The van der Waals surface area contributed by atoms with Crippen molar-refractivity contribution in [2.45, 2.75) is 24.7 Å². The zero-order chi connectivity index (χ0) is 23.1. The number of likely N-dealkylation sites (N-methyl/N-ethyl adjacent to an activating group) is 1. The second-order valence-electron chi connectivity index (χ2n) is 7.72. The van der Waals surface area contributed by atoms with Gasteiger partial charge in [0, 0.05) is 32.4 Å². The highest BCUT2D eigenvalue weighted by Gasteiger charge is 2.27. The van der Waals surface area contributed by atoms with Gasteiger partial charge in [0.2, 0.25) is 0 Å². The van der Waals surface area contributed by atoms with E-state index in [1.807, 2.05) is 67.5 Å². The Morgan fingerprint density at radius 2 is 1.38 bits per heavy atom. The molecule has 9 heteroatoms. The van der Waals surface area contributed by atoms with Crippen LogP contribution in [0.5, 0.6) is 11.5 Å². The second-order valence-corrected chi connectivity index (χ2v) is 9.61. The van der Waals surface area contributed by atoms with E-state index in [4.69, 9.17) is 9.47 Å². The van der Waals surface area contributed by atoms with Gasteiger partial charge in [-0.15, -0.1) is 0 Å². The molecule has 0 aliphatic heterocycles. The van der Waals surface area contributed by atoms with Crippen molar-refractivity contribution in [3.05, 3.63) is 72.2 Å². The molecule has 0 aliphatic carbocycles. The van der Waals surface area contributed by atoms with Crippen LogP contribution in [0.1, 0.15) is 11.1 Å². The topological polar surface area (TPSA) is 76.9 Å². The maximum atomic E-state index is 13.5. The third-order valence-electron chi connectivity index (χ3n) is 5.06. The van der Waals surface area contributed by atoms with Crippen LogP contribution < -0.4 is 9.47 Å². The summed E-state index contributed by atoms with van der Waals surface area (Å²) >= 11 is 0. The van der Waals surface area contributed by atoms with E-state index in [-0.39, 0.29) is 18.1 Å². The fourth-order valence-electron chi connectivity index (χ4n) is 3.14. The van der Waals surface area contributed by atoms with Crippen LogP contribution in [0.3, 0.4) is 0 Å². The largest absolute Gasteiger partial charge is 0.497 e. The zero-order valence-electron chi connectivity index (χ0n) is 18.9. The minimum absolute atomic E-state index is 0.0401. The summed E-state index contributed by atoms with van der Waals surface area (Å²) in [6.07, 6.45) is 3.16. The molecule has 0 fully saturated rings. The van der Waals surface area contributed by atoms with Crippen LogP contribution in [0.2, 0.25) is 0 Å². The van der Waals surface area contributed by atoms with Crippen molar-refractivity contribution < 1.29 is 17.9 Å². The van der Waals surface area contributed by atoms with Gasteiger partial charge < -0.3 is 18.9 Å². The van der Waals surface area contributed by atoms with Gasteiger partial charge in [0.1, 0.15) is 11.5 Å². The Kier molecular flexibility index (Phi) is 7.89. The standard InChI is InChI=1S/C23H30N4O4S/c1-25(2)13-14-26-17-23(24-18-26)32(28,29)27(15-19-5-9-21(30-3)10-6-19)16-20-7-11-22(31-4)12-8-20/h5-12,17-18H,13-16H2,1-4H3. The minimum Gasteiger partial charge on any atom is -0.497 e. The molecule has 3 rings (SSSR count). The monoisotopic (exact) mass is 458 g/mol. The SMILES string of the molecule is COc1ccc(CN(Cc2ccc(OC)cc2)S(=O)(=O)c2cn(CCN(C)C)cn2)cc1. The van der Waals surface area contributed by atoms with Crippen LogP contribution in [0.15, 0.2) is 66.1 Å². The fraction of sp³-hybridized carbons (Fsp3) is 0.348. The average molecular weight is 459 g/mol. The van der Waals surface area contributed by atoms with Crippen molar-refractivity contribution in [2.24, 2.45) is 0 Å². The molecular weight excluding hydrogens is 428 g/mol. The van der Waals surface area contributed by atoms with Gasteiger partial charge in [-0.05, 0) is 49.5 Å². The number of benzene rings is 2. The van der Waals surface area contributed by atoms with Gasteiger partial charge in [-0.1, -0.05) is 24.3 Å². The first-order valence-corrected chi connectivity index (χ1v) is 11.7. The maximum Gasteiger partial charge on any atom is 0.262 e. The van der Waals surface area contributed by atoms with Crippen LogP contribution in [-0.2, 0) is 29.7 Å². The molecule has 172 valence electrons. The molecule has 0 N–H and O–H groups in total. The molecule has 0 unspecified atom stereocenters. The molecule has 0 aliphatic rings. The number of sulfonamides is 1. The number of nitrogens with zero attached hydrogens (tertiary/aromatic N) is 4. The van der Waals surface area contributed by atoms with Gasteiger partial charge in [-0.25, -0.2) is 13.4 Å². The molecular formula is C23H30N4O4S. The van der Waals surface area contributed by atoms with E-state index < -0.39 is 10.0 Å². The first kappa shape index (κ1) is 23.8. The number of imidazole rings is 1. The molecule has 0 saturated carbocycles. The van der Waals surface area contributed by atoms with E-state index in [0.717, 1.165) is 29.2 Å². The Morgan fingerprint density at radius 1 is 0.875 bits per heavy atom. The highest BCUT2D eigenvalue weighted by molar-refractivity contribution is 7.89. The summed E-state index contributed by atoms with van der Waals surface area (Å²) in [5.41, 5.74) is 1.71. The molecule has 8 nitrogen and oxygen atoms in total. The summed E-state index contributed by atoms with van der Waals surface area (Å²) in [5, 5.41) is 0.0401. The van der Waals surface area contributed by atoms with Crippen LogP contribution in [0.4, 0.5) is 0 Å².